The molecule has 35 heavy (non-hydrogen) atoms. The van der Waals surface area contributed by atoms with Crippen molar-refractivity contribution in [3.05, 3.63) is 65.7 Å². The molecule has 0 unspecified atom stereocenters. The fourth-order valence-electron chi connectivity index (χ4n) is 5.37. The molecule has 2 aromatic rings. The summed E-state index contributed by atoms with van der Waals surface area (Å²) >= 11 is 0. The van der Waals surface area contributed by atoms with E-state index >= 15 is 0 Å². The average Bonchev–Trinajstić information content (AvgIpc) is 3.15. The van der Waals surface area contributed by atoms with Gasteiger partial charge in [0.1, 0.15) is 5.75 Å². The normalized spacial score (nSPS) is 19.5. The van der Waals surface area contributed by atoms with Gasteiger partial charge in [0.15, 0.2) is 0 Å². The van der Waals surface area contributed by atoms with Crippen molar-refractivity contribution in [2.75, 3.05) is 46.4 Å². The maximum Gasteiger partial charge on any atom is 0.253 e. The van der Waals surface area contributed by atoms with E-state index in [1.165, 1.54) is 0 Å². The maximum atomic E-state index is 13.6. The van der Waals surface area contributed by atoms with Crippen LogP contribution in [0.3, 0.4) is 0 Å². The van der Waals surface area contributed by atoms with Crippen LogP contribution in [0.15, 0.2) is 54.6 Å². The molecule has 2 aliphatic heterocycles. The first-order valence-corrected chi connectivity index (χ1v) is 12.8. The van der Waals surface area contributed by atoms with Crippen LogP contribution >= 0.6 is 0 Å². The smallest absolute Gasteiger partial charge is 0.253 e. The van der Waals surface area contributed by atoms with E-state index in [9.17, 15) is 9.59 Å². The van der Waals surface area contributed by atoms with Crippen molar-refractivity contribution >= 4 is 11.8 Å². The highest BCUT2D eigenvalue weighted by Gasteiger charge is 2.51. The van der Waals surface area contributed by atoms with Gasteiger partial charge in [0.05, 0.1) is 18.8 Å². The highest BCUT2D eigenvalue weighted by molar-refractivity contribution is 5.94. The van der Waals surface area contributed by atoms with Gasteiger partial charge in [-0.25, -0.2) is 0 Å². The number of likely N-dealkylation sites (tertiary alicyclic amines) is 1. The van der Waals surface area contributed by atoms with E-state index in [1.807, 2.05) is 47.4 Å². The van der Waals surface area contributed by atoms with Crippen LogP contribution in [-0.4, -0.2) is 84.6 Å². The number of amides is 2. The van der Waals surface area contributed by atoms with E-state index < -0.39 is 5.66 Å². The van der Waals surface area contributed by atoms with Crippen molar-refractivity contribution in [3.8, 4) is 5.75 Å². The molecule has 4 rings (SSSR count). The first kappa shape index (κ1) is 25.2. The molecule has 0 bridgehead atoms. The summed E-state index contributed by atoms with van der Waals surface area (Å²) in [5.41, 5.74) is 1.42. The highest BCUT2D eigenvalue weighted by Crippen LogP contribution is 2.34. The molecule has 0 aliphatic carbocycles. The fourth-order valence-corrected chi connectivity index (χ4v) is 5.37. The summed E-state index contributed by atoms with van der Waals surface area (Å²) in [6, 6.07) is 17.2. The standard InChI is InChI=1S/C28H38N4O3/c1-4-30(5-2)19-20-32-27(34)25(21-22-9-7-6-8-10-22)29-28(32)15-17-31(18-16-28)26(33)23-11-13-24(35-3)14-12-23/h6-14,25,29H,4-5,15-21H2,1-3H3/t25-/m0/s1. The Labute approximate surface area is 209 Å². The number of rotatable bonds is 9. The number of nitrogens with zero attached hydrogens (tertiary/aromatic N) is 3. The Kier molecular flexibility index (Phi) is 8.08. The molecule has 1 N–H and O–H groups in total. The molecule has 188 valence electrons. The number of piperidine rings is 1. The summed E-state index contributed by atoms with van der Waals surface area (Å²) in [5.74, 6) is 0.944. The number of carbonyl (C=O) groups is 2. The lowest BCUT2D eigenvalue weighted by molar-refractivity contribution is -0.133. The number of hydrogen-bond acceptors (Lipinski definition) is 5. The number of hydrogen-bond donors (Lipinski definition) is 1. The molecule has 7 nitrogen and oxygen atoms in total. The number of likely N-dealkylation sites (N-methyl/N-ethyl adjacent to an activating group) is 1. The molecule has 0 saturated carbocycles. The molecular formula is C28H38N4O3. The molecule has 2 fully saturated rings. The maximum absolute atomic E-state index is 13.6. The van der Waals surface area contributed by atoms with E-state index in [-0.39, 0.29) is 17.9 Å². The lowest BCUT2D eigenvalue weighted by Crippen LogP contribution is -2.60. The second-order valence-electron chi connectivity index (χ2n) is 9.46. The van der Waals surface area contributed by atoms with Gasteiger partial charge in [-0.05, 0) is 49.3 Å². The number of benzene rings is 2. The second kappa shape index (κ2) is 11.2. The van der Waals surface area contributed by atoms with E-state index in [1.54, 1.807) is 7.11 Å². The monoisotopic (exact) mass is 478 g/mol. The van der Waals surface area contributed by atoms with Gasteiger partial charge in [0, 0.05) is 44.6 Å². The van der Waals surface area contributed by atoms with Gasteiger partial charge in [0.2, 0.25) is 5.91 Å². The van der Waals surface area contributed by atoms with Crippen molar-refractivity contribution in [2.24, 2.45) is 0 Å². The largest absolute Gasteiger partial charge is 0.497 e. The SMILES string of the molecule is CCN(CC)CCN1C(=O)[C@H](Cc2ccccc2)NC12CCN(C(=O)c1ccc(OC)cc1)CC2. The van der Waals surface area contributed by atoms with Gasteiger partial charge in [-0.15, -0.1) is 0 Å². The summed E-state index contributed by atoms with van der Waals surface area (Å²) in [5, 5.41) is 3.73. The van der Waals surface area contributed by atoms with Gasteiger partial charge in [-0.3, -0.25) is 14.9 Å². The van der Waals surface area contributed by atoms with Crippen molar-refractivity contribution < 1.29 is 14.3 Å². The van der Waals surface area contributed by atoms with E-state index in [0.29, 0.717) is 31.6 Å². The zero-order valence-corrected chi connectivity index (χ0v) is 21.2. The molecule has 0 radical (unpaired) electrons. The molecule has 7 heteroatoms. The number of methoxy groups -OCH3 is 1. The predicted octanol–water partition coefficient (Wildman–Crippen LogP) is 3.01. The second-order valence-corrected chi connectivity index (χ2v) is 9.46. The molecule has 1 atom stereocenters. The summed E-state index contributed by atoms with van der Waals surface area (Å²) in [6.07, 6.45) is 2.13. The lowest BCUT2D eigenvalue weighted by Gasteiger charge is -2.45. The highest BCUT2D eigenvalue weighted by atomic mass is 16.5. The Hall–Kier alpha value is -2.90. The molecule has 2 amide bonds. The minimum atomic E-state index is -0.402. The first-order valence-electron chi connectivity index (χ1n) is 12.8. The quantitative estimate of drug-likeness (QED) is 0.600. The van der Waals surface area contributed by atoms with Gasteiger partial charge in [-0.2, -0.15) is 0 Å². The topological polar surface area (TPSA) is 65.1 Å². The molecule has 1 spiro atoms. The first-order chi connectivity index (χ1) is 17.0. The van der Waals surface area contributed by atoms with Crippen LogP contribution in [0.5, 0.6) is 5.75 Å². The minimum absolute atomic E-state index is 0.0300. The zero-order chi connectivity index (χ0) is 24.8. The lowest BCUT2D eigenvalue weighted by atomic mass is 9.95. The third-order valence-corrected chi connectivity index (χ3v) is 7.56. The van der Waals surface area contributed by atoms with Gasteiger partial charge >= 0.3 is 0 Å². The van der Waals surface area contributed by atoms with Gasteiger partial charge < -0.3 is 19.4 Å². The van der Waals surface area contributed by atoms with Crippen molar-refractivity contribution in [2.45, 2.75) is 44.8 Å². The van der Waals surface area contributed by atoms with Crippen LogP contribution < -0.4 is 10.1 Å². The molecule has 0 aromatic heterocycles. The summed E-state index contributed by atoms with van der Waals surface area (Å²) in [6.45, 7) is 9.04. The number of ether oxygens (including phenoxy) is 1. The Balaban J connectivity index is 1.48. The van der Waals surface area contributed by atoms with E-state index in [0.717, 1.165) is 43.8 Å². The summed E-state index contributed by atoms with van der Waals surface area (Å²) in [4.78, 5) is 33.1. The Morgan fingerprint density at radius 1 is 1.06 bits per heavy atom. The van der Waals surface area contributed by atoms with E-state index in [2.05, 4.69) is 41.1 Å². The average molecular weight is 479 g/mol. The summed E-state index contributed by atoms with van der Waals surface area (Å²) in [7, 11) is 1.62. The zero-order valence-electron chi connectivity index (χ0n) is 21.2. The predicted molar refractivity (Wildman–Crippen MR) is 137 cm³/mol. The molecule has 2 aromatic carbocycles. The Bertz CT molecular complexity index is 983. The van der Waals surface area contributed by atoms with Crippen LogP contribution in [0.1, 0.15) is 42.6 Å². The van der Waals surface area contributed by atoms with Crippen LogP contribution in [0, 0.1) is 0 Å². The van der Waals surface area contributed by atoms with Crippen molar-refractivity contribution in [3.63, 3.8) is 0 Å². The third kappa shape index (κ3) is 5.52. The van der Waals surface area contributed by atoms with Crippen LogP contribution in [0.2, 0.25) is 0 Å². The Morgan fingerprint density at radius 3 is 2.31 bits per heavy atom. The van der Waals surface area contributed by atoms with Crippen molar-refractivity contribution in [1.29, 1.82) is 0 Å². The van der Waals surface area contributed by atoms with Crippen LogP contribution in [-0.2, 0) is 11.2 Å². The van der Waals surface area contributed by atoms with Crippen LogP contribution in [0.25, 0.3) is 0 Å². The minimum Gasteiger partial charge on any atom is -0.497 e. The molecular weight excluding hydrogens is 440 g/mol. The fraction of sp³-hybridized carbons (Fsp3) is 0.500. The van der Waals surface area contributed by atoms with Crippen LogP contribution in [0.4, 0.5) is 0 Å². The third-order valence-electron chi connectivity index (χ3n) is 7.56. The van der Waals surface area contributed by atoms with Gasteiger partial charge in [-0.1, -0.05) is 44.2 Å². The Morgan fingerprint density at radius 2 is 1.71 bits per heavy atom. The molecule has 2 aliphatic rings. The molecule has 2 saturated heterocycles. The number of carbonyl (C=O) groups excluding carboxylic acids is 2. The van der Waals surface area contributed by atoms with Gasteiger partial charge in [0.25, 0.3) is 5.91 Å². The summed E-state index contributed by atoms with van der Waals surface area (Å²) < 4.78 is 5.21. The van der Waals surface area contributed by atoms with Crippen molar-refractivity contribution in [1.82, 2.24) is 20.0 Å². The molecule has 2 heterocycles. The number of nitrogens with one attached hydrogen (secondary N) is 1. The van der Waals surface area contributed by atoms with E-state index in [4.69, 9.17) is 4.74 Å².